The second kappa shape index (κ2) is 20.0. The lowest BCUT2D eigenvalue weighted by molar-refractivity contribution is 0.432. The standard InChI is InChI=1S/C23H46/c1-4-6-8-10-11-12-13-14-15-16-18-20-22-23(3)21-19-17-9-7-5-2/h23H,1-2,4-22H2,3H3. The summed E-state index contributed by atoms with van der Waals surface area (Å²) in [5.41, 5.74) is 0. The van der Waals surface area contributed by atoms with E-state index in [-0.39, 0.29) is 0 Å². The van der Waals surface area contributed by atoms with Crippen molar-refractivity contribution in [3.05, 3.63) is 13.8 Å². The first-order chi connectivity index (χ1) is 11.3. The molecule has 0 bridgehead atoms. The van der Waals surface area contributed by atoms with Crippen LogP contribution in [0, 0.1) is 19.8 Å². The Bertz CT molecular complexity index is 196. The van der Waals surface area contributed by atoms with E-state index in [0.717, 1.165) is 18.8 Å². The maximum atomic E-state index is 3.91. The summed E-state index contributed by atoms with van der Waals surface area (Å²) in [4.78, 5) is 0. The zero-order valence-corrected chi connectivity index (χ0v) is 16.4. The Morgan fingerprint density at radius 2 is 0.696 bits per heavy atom. The summed E-state index contributed by atoms with van der Waals surface area (Å²) in [6.45, 7) is 10.3. The molecule has 0 aliphatic heterocycles. The maximum absolute atomic E-state index is 3.91. The van der Waals surface area contributed by atoms with Crippen LogP contribution in [0.15, 0.2) is 0 Å². The zero-order chi connectivity index (χ0) is 17.0. The minimum absolute atomic E-state index is 0.952. The molecule has 138 valence electrons. The predicted molar refractivity (Wildman–Crippen MR) is 108 cm³/mol. The van der Waals surface area contributed by atoms with Crippen LogP contribution >= 0.6 is 0 Å². The van der Waals surface area contributed by atoms with Gasteiger partial charge in [0.25, 0.3) is 0 Å². The lowest BCUT2D eigenvalue weighted by Crippen LogP contribution is -1.95. The Hall–Kier alpha value is 0. The van der Waals surface area contributed by atoms with Crippen LogP contribution in [0.2, 0.25) is 0 Å². The third kappa shape index (κ3) is 20.0. The van der Waals surface area contributed by atoms with Crippen molar-refractivity contribution in [2.45, 2.75) is 129 Å². The molecular weight excluding hydrogens is 276 g/mol. The first-order valence-electron chi connectivity index (χ1n) is 10.9. The molecule has 1 unspecified atom stereocenters. The van der Waals surface area contributed by atoms with Gasteiger partial charge in [-0.3, -0.25) is 0 Å². The van der Waals surface area contributed by atoms with Crippen LogP contribution in [0.3, 0.4) is 0 Å². The van der Waals surface area contributed by atoms with Crippen molar-refractivity contribution in [1.82, 2.24) is 0 Å². The molecule has 0 saturated heterocycles. The summed E-state index contributed by atoms with van der Waals surface area (Å²) in [5, 5.41) is 0. The van der Waals surface area contributed by atoms with E-state index in [1.807, 2.05) is 0 Å². The van der Waals surface area contributed by atoms with Crippen LogP contribution in [0.5, 0.6) is 0 Å². The molecule has 0 aromatic carbocycles. The van der Waals surface area contributed by atoms with E-state index < -0.39 is 0 Å². The molecule has 2 radical (unpaired) electrons. The van der Waals surface area contributed by atoms with E-state index in [1.165, 1.54) is 109 Å². The van der Waals surface area contributed by atoms with Gasteiger partial charge >= 0.3 is 0 Å². The number of hydrogen-bond donors (Lipinski definition) is 0. The second-order valence-corrected chi connectivity index (χ2v) is 7.69. The lowest BCUT2D eigenvalue weighted by Gasteiger charge is -2.11. The molecule has 0 nitrogen and oxygen atoms in total. The highest BCUT2D eigenvalue weighted by atomic mass is 14.1. The normalized spacial score (nSPS) is 12.7. The van der Waals surface area contributed by atoms with E-state index >= 15 is 0 Å². The average Bonchev–Trinajstić information content (AvgIpc) is 2.55. The van der Waals surface area contributed by atoms with Crippen molar-refractivity contribution in [3.8, 4) is 0 Å². The molecule has 1 atom stereocenters. The highest BCUT2D eigenvalue weighted by molar-refractivity contribution is 4.56. The second-order valence-electron chi connectivity index (χ2n) is 7.69. The molecule has 0 heteroatoms. The average molecular weight is 323 g/mol. The van der Waals surface area contributed by atoms with Gasteiger partial charge in [0.1, 0.15) is 0 Å². The van der Waals surface area contributed by atoms with Crippen molar-refractivity contribution in [3.63, 3.8) is 0 Å². The van der Waals surface area contributed by atoms with Gasteiger partial charge < -0.3 is 0 Å². The number of unbranched alkanes of at least 4 members (excludes halogenated alkanes) is 15. The van der Waals surface area contributed by atoms with Gasteiger partial charge in [-0.25, -0.2) is 0 Å². The molecule has 0 amide bonds. The SMILES string of the molecule is [CH2]CCCCCCCCCCCCCC(C)CCCCCC[CH2]. The first-order valence-corrected chi connectivity index (χ1v) is 10.9. The molecule has 23 heavy (non-hydrogen) atoms. The topological polar surface area (TPSA) is 0 Å². The highest BCUT2D eigenvalue weighted by Gasteiger charge is 2.02. The first kappa shape index (κ1) is 23.0. The van der Waals surface area contributed by atoms with Gasteiger partial charge in [0.2, 0.25) is 0 Å². The zero-order valence-electron chi connectivity index (χ0n) is 16.4. The smallest absolute Gasteiger partial charge is 0.0443 e. The third-order valence-corrected chi connectivity index (χ3v) is 5.14. The van der Waals surface area contributed by atoms with Crippen molar-refractivity contribution in [2.24, 2.45) is 5.92 Å². The molecule has 0 fully saturated rings. The van der Waals surface area contributed by atoms with Crippen molar-refractivity contribution < 1.29 is 0 Å². The van der Waals surface area contributed by atoms with E-state index in [0.29, 0.717) is 0 Å². The highest BCUT2D eigenvalue weighted by Crippen LogP contribution is 2.18. The lowest BCUT2D eigenvalue weighted by atomic mass is 9.96. The fraction of sp³-hybridized carbons (Fsp3) is 0.913. The Balaban J connectivity index is 3.08. The van der Waals surface area contributed by atoms with Crippen LogP contribution in [-0.2, 0) is 0 Å². The molecule has 0 aromatic heterocycles. The molecule has 0 aliphatic carbocycles. The Morgan fingerprint density at radius 3 is 1.00 bits per heavy atom. The molecule has 0 spiro atoms. The monoisotopic (exact) mass is 322 g/mol. The van der Waals surface area contributed by atoms with Crippen molar-refractivity contribution in [2.75, 3.05) is 0 Å². The minimum Gasteiger partial charge on any atom is -0.0625 e. The fourth-order valence-corrected chi connectivity index (χ4v) is 3.43. The van der Waals surface area contributed by atoms with E-state index in [9.17, 15) is 0 Å². The molecule has 0 saturated carbocycles. The Kier molecular flexibility index (Phi) is 20.0. The van der Waals surface area contributed by atoms with Gasteiger partial charge in [0, 0.05) is 0 Å². The van der Waals surface area contributed by atoms with Gasteiger partial charge in [-0.1, -0.05) is 143 Å². The van der Waals surface area contributed by atoms with Crippen LogP contribution in [0.25, 0.3) is 0 Å². The summed E-state index contributed by atoms with van der Waals surface area (Å²) < 4.78 is 0. The maximum Gasteiger partial charge on any atom is -0.0443 e. The van der Waals surface area contributed by atoms with Crippen LogP contribution in [0.4, 0.5) is 0 Å². The van der Waals surface area contributed by atoms with Crippen LogP contribution < -0.4 is 0 Å². The van der Waals surface area contributed by atoms with Gasteiger partial charge in [0.15, 0.2) is 0 Å². The van der Waals surface area contributed by atoms with E-state index in [2.05, 4.69) is 20.8 Å². The minimum atomic E-state index is 0.952. The van der Waals surface area contributed by atoms with Crippen LogP contribution in [-0.4, -0.2) is 0 Å². The summed E-state index contributed by atoms with van der Waals surface area (Å²) >= 11 is 0. The van der Waals surface area contributed by atoms with Gasteiger partial charge in [0.05, 0.1) is 0 Å². The molecule has 0 heterocycles. The van der Waals surface area contributed by atoms with Crippen LogP contribution in [0.1, 0.15) is 129 Å². The summed E-state index contributed by atoms with van der Waals surface area (Å²) in [6.07, 6.45) is 26.6. The molecule has 0 aliphatic rings. The summed E-state index contributed by atoms with van der Waals surface area (Å²) in [5.74, 6) is 0.952. The van der Waals surface area contributed by atoms with E-state index in [4.69, 9.17) is 0 Å². The van der Waals surface area contributed by atoms with Gasteiger partial charge in [-0.15, -0.1) is 0 Å². The fourth-order valence-electron chi connectivity index (χ4n) is 3.43. The molecular formula is C23H46. The summed E-state index contributed by atoms with van der Waals surface area (Å²) in [7, 11) is 0. The quantitative estimate of drug-likeness (QED) is 0.209. The Labute approximate surface area is 149 Å². The number of rotatable bonds is 19. The van der Waals surface area contributed by atoms with E-state index in [1.54, 1.807) is 0 Å². The summed E-state index contributed by atoms with van der Waals surface area (Å²) in [6, 6.07) is 0. The Morgan fingerprint density at radius 1 is 0.435 bits per heavy atom. The van der Waals surface area contributed by atoms with Gasteiger partial charge in [-0.05, 0) is 5.92 Å². The largest absolute Gasteiger partial charge is 0.0625 e. The molecule has 0 rings (SSSR count). The van der Waals surface area contributed by atoms with Crippen molar-refractivity contribution in [1.29, 1.82) is 0 Å². The number of hydrogen-bond acceptors (Lipinski definition) is 0. The predicted octanol–water partition coefficient (Wildman–Crippen LogP) is 8.70. The van der Waals surface area contributed by atoms with Gasteiger partial charge in [-0.2, -0.15) is 0 Å². The molecule has 0 aromatic rings. The third-order valence-electron chi connectivity index (χ3n) is 5.14. The molecule has 0 N–H and O–H groups in total. The van der Waals surface area contributed by atoms with Crippen molar-refractivity contribution >= 4 is 0 Å².